The lowest BCUT2D eigenvalue weighted by Gasteiger charge is -2.10. The Kier molecular flexibility index (Phi) is 7.16. The topological polar surface area (TPSA) is 84.5 Å². The summed E-state index contributed by atoms with van der Waals surface area (Å²) in [5.41, 5.74) is 1.05. The highest BCUT2D eigenvalue weighted by molar-refractivity contribution is 7.89. The number of nitrogens with one attached hydrogen (secondary N) is 2. The van der Waals surface area contributed by atoms with Crippen molar-refractivity contribution >= 4 is 15.9 Å². The number of halogens is 1. The third kappa shape index (κ3) is 6.13. The van der Waals surface area contributed by atoms with Crippen molar-refractivity contribution in [3.63, 3.8) is 0 Å². The molecule has 8 heteroatoms. The maximum atomic E-state index is 12.9. The van der Waals surface area contributed by atoms with Gasteiger partial charge < -0.3 is 10.1 Å². The summed E-state index contributed by atoms with van der Waals surface area (Å²) in [6.07, 6.45) is 0. The number of hydrogen-bond acceptors (Lipinski definition) is 4. The SMILES string of the molecule is O=C(NCCOc1ccc(F)cc1)c1cccc(S(=O)(=O)NCc2ccccc2)c1. The monoisotopic (exact) mass is 428 g/mol. The molecule has 0 saturated heterocycles. The van der Waals surface area contributed by atoms with E-state index in [1.54, 1.807) is 0 Å². The Morgan fingerprint density at radius 2 is 1.67 bits per heavy atom. The first-order valence-corrected chi connectivity index (χ1v) is 10.7. The fourth-order valence-electron chi connectivity index (χ4n) is 2.63. The van der Waals surface area contributed by atoms with Gasteiger partial charge in [-0.3, -0.25) is 4.79 Å². The highest BCUT2D eigenvalue weighted by Gasteiger charge is 2.16. The first kappa shape index (κ1) is 21.5. The van der Waals surface area contributed by atoms with Gasteiger partial charge in [0.1, 0.15) is 18.2 Å². The maximum absolute atomic E-state index is 12.9. The van der Waals surface area contributed by atoms with Crippen LogP contribution in [0.3, 0.4) is 0 Å². The van der Waals surface area contributed by atoms with Gasteiger partial charge >= 0.3 is 0 Å². The molecule has 3 aromatic rings. The van der Waals surface area contributed by atoms with Crippen molar-refractivity contribution < 1.29 is 22.3 Å². The minimum absolute atomic E-state index is 0.00800. The van der Waals surface area contributed by atoms with E-state index in [-0.39, 0.29) is 36.0 Å². The van der Waals surface area contributed by atoms with Crippen LogP contribution in [-0.4, -0.2) is 27.5 Å². The second-order valence-electron chi connectivity index (χ2n) is 6.40. The van der Waals surface area contributed by atoms with Crippen molar-refractivity contribution in [2.45, 2.75) is 11.4 Å². The summed E-state index contributed by atoms with van der Waals surface area (Å²) < 4.78 is 45.9. The van der Waals surface area contributed by atoms with Gasteiger partial charge in [0.25, 0.3) is 5.91 Å². The van der Waals surface area contributed by atoms with Gasteiger partial charge in [0, 0.05) is 12.1 Å². The van der Waals surface area contributed by atoms with Crippen LogP contribution in [0.1, 0.15) is 15.9 Å². The number of carbonyl (C=O) groups excluding carboxylic acids is 1. The summed E-state index contributed by atoms with van der Waals surface area (Å²) in [5.74, 6) is -0.287. The number of sulfonamides is 1. The quantitative estimate of drug-likeness (QED) is 0.513. The number of ether oxygens (including phenoxy) is 1. The highest BCUT2D eigenvalue weighted by atomic mass is 32.2. The van der Waals surface area contributed by atoms with E-state index in [2.05, 4.69) is 10.0 Å². The van der Waals surface area contributed by atoms with Crippen LogP contribution in [0, 0.1) is 5.82 Å². The maximum Gasteiger partial charge on any atom is 0.251 e. The van der Waals surface area contributed by atoms with Gasteiger partial charge in [-0.1, -0.05) is 36.4 Å². The molecule has 0 aliphatic heterocycles. The first-order chi connectivity index (χ1) is 14.4. The molecular formula is C22H21FN2O4S. The van der Waals surface area contributed by atoms with Crippen molar-refractivity contribution in [2.75, 3.05) is 13.2 Å². The molecule has 6 nitrogen and oxygen atoms in total. The van der Waals surface area contributed by atoms with Crippen LogP contribution in [-0.2, 0) is 16.6 Å². The molecule has 0 aliphatic rings. The number of benzene rings is 3. The second-order valence-corrected chi connectivity index (χ2v) is 8.16. The minimum Gasteiger partial charge on any atom is -0.492 e. The van der Waals surface area contributed by atoms with Crippen molar-refractivity contribution in [1.82, 2.24) is 10.0 Å². The summed E-state index contributed by atoms with van der Waals surface area (Å²) in [4.78, 5) is 12.3. The summed E-state index contributed by atoms with van der Waals surface area (Å²) in [7, 11) is -3.76. The second kappa shape index (κ2) is 10.00. The number of hydrogen-bond donors (Lipinski definition) is 2. The van der Waals surface area contributed by atoms with E-state index in [1.807, 2.05) is 30.3 Å². The molecule has 0 heterocycles. The van der Waals surface area contributed by atoms with Crippen molar-refractivity contribution in [1.29, 1.82) is 0 Å². The van der Waals surface area contributed by atoms with Crippen LogP contribution >= 0.6 is 0 Å². The number of amides is 1. The predicted octanol–water partition coefficient (Wildman–Crippen LogP) is 3.11. The molecule has 0 spiro atoms. The number of carbonyl (C=O) groups is 1. The van der Waals surface area contributed by atoms with Gasteiger partial charge in [0.15, 0.2) is 0 Å². The summed E-state index contributed by atoms with van der Waals surface area (Å²) in [6, 6.07) is 20.5. The normalized spacial score (nSPS) is 11.1. The van der Waals surface area contributed by atoms with E-state index in [9.17, 15) is 17.6 Å². The molecule has 0 aromatic heterocycles. The van der Waals surface area contributed by atoms with Crippen molar-refractivity contribution in [3.05, 3.63) is 95.8 Å². The van der Waals surface area contributed by atoms with Crippen molar-refractivity contribution in [2.24, 2.45) is 0 Å². The average molecular weight is 428 g/mol. The van der Waals surface area contributed by atoms with Crippen LogP contribution in [0.2, 0.25) is 0 Å². The average Bonchev–Trinajstić information content (AvgIpc) is 2.77. The van der Waals surface area contributed by atoms with Gasteiger partial charge in [-0.25, -0.2) is 17.5 Å². The molecule has 30 heavy (non-hydrogen) atoms. The largest absolute Gasteiger partial charge is 0.492 e. The van der Waals surface area contributed by atoms with E-state index in [0.29, 0.717) is 5.75 Å². The predicted molar refractivity (Wildman–Crippen MR) is 111 cm³/mol. The molecule has 1 amide bonds. The lowest BCUT2D eigenvalue weighted by Crippen LogP contribution is -2.28. The molecule has 0 bridgehead atoms. The highest BCUT2D eigenvalue weighted by Crippen LogP contribution is 2.13. The van der Waals surface area contributed by atoms with Gasteiger partial charge in [-0.15, -0.1) is 0 Å². The molecule has 156 valence electrons. The third-order valence-corrected chi connectivity index (χ3v) is 5.58. The van der Waals surface area contributed by atoms with Gasteiger partial charge in [-0.05, 0) is 48.0 Å². The zero-order valence-electron chi connectivity index (χ0n) is 16.0. The van der Waals surface area contributed by atoms with Crippen LogP contribution in [0.25, 0.3) is 0 Å². The third-order valence-electron chi connectivity index (χ3n) is 4.19. The summed E-state index contributed by atoms with van der Waals surface area (Å²) >= 11 is 0. The Balaban J connectivity index is 1.54. The smallest absolute Gasteiger partial charge is 0.251 e. The Morgan fingerprint density at radius 3 is 2.40 bits per heavy atom. The zero-order chi connectivity index (χ0) is 21.4. The molecule has 0 radical (unpaired) electrons. The Hall–Kier alpha value is -3.23. The molecule has 0 saturated carbocycles. The van der Waals surface area contributed by atoms with Crippen LogP contribution < -0.4 is 14.8 Å². The molecular weight excluding hydrogens is 407 g/mol. The zero-order valence-corrected chi connectivity index (χ0v) is 16.9. The first-order valence-electron chi connectivity index (χ1n) is 9.24. The molecule has 3 rings (SSSR count). The van der Waals surface area contributed by atoms with E-state index in [0.717, 1.165) is 5.56 Å². The fourth-order valence-corrected chi connectivity index (χ4v) is 3.69. The fraction of sp³-hybridized carbons (Fsp3) is 0.136. The Labute approximate surface area is 174 Å². The summed E-state index contributed by atoms with van der Waals surface area (Å²) in [6.45, 7) is 0.549. The Bertz CT molecular complexity index is 1090. The lowest BCUT2D eigenvalue weighted by molar-refractivity contribution is 0.0947. The lowest BCUT2D eigenvalue weighted by atomic mass is 10.2. The summed E-state index contributed by atoms with van der Waals surface area (Å²) in [5, 5.41) is 2.66. The molecule has 3 aromatic carbocycles. The van der Waals surface area contributed by atoms with Crippen LogP contribution in [0.5, 0.6) is 5.75 Å². The molecule has 0 atom stereocenters. The molecule has 0 fully saturated rings. The van der Waals surface area contributed by atoms with E-state index >= 15 is 0 Å². The van der Waals surface area contributed by atoms with Gasteiger partial charge in [-0.2, -0.15) is 0 Å². The van der Waals surface area contributed by atoms with Crippen molar-refractivity contribution in [3.8, 4) is 5.75 Å². The molecule has 2 N–H and O–H groups in total. The van der Waals surface area contributed by atoms with Crippen LogP contribution in [0.4, 0.5) is 4.39 Å². The van der Waals surface area contributed by atoms with Gasteiger partial charge in [0.05, 0.1) is 11.4 Å². The Morgan fingerprint density at radius 1 is 0.933 bits per heavy atom. The standard InChI is InChI=1S/C22H21FN2O4S/c23-19-9-11-20(12-10-19)29-14-13-24-22(26)18-7-4-8-21(15-18)30(27,28)25-16-17-5-2-1-3-6-17/h1-12,15,25H,13-14,16H2,(H,24,26). The van der Waals surface area contributed by atoms with E-state index in [4.69, 9.17) is 4.74 Å². The van der Waals surface area contributed by atoms with Crippen LogP contribution in [0.15, 0.2) is 83.8 Å². The molecule has 0 aliphatic carbocycles. The minimum atomic E-state index is -3.76. The molecule has 0 unspecified atom stereocenters. The van der Waals surface area contributed by atoms with E-state index < -0.39 is 15.9 Å². The van der Waals surface area contributed by atoms with E-state index in [1.165, 1.54) is 48.5 Å². The van der Waals surface area contributed by atoms with Gasteiger partial charge in [0.2, 0.25) is 10.0 Å². The number of rotatable bonds is 9.